The van der Waals surface area contributed by atoms with Gasteiger partial charge in [-0.25, -0.2) is 9.78 Å². The van der Waals surface area contributed by atoms with Gasteiger partial charge in [0, 0.05) is 5.56 Å². The van der Waals surface area contributed by atoms with Crippen molar-refractivity contribution in [1.82, 2.24) is 15.2 Å². The number of carbonyl (C=O) groups is 2. The molecule has 0 bridgehead atoms. The minimum absolute atomic E-state index is 0.123. The van der Waals surface area contributed by atoms with Crippen LogP contribution in [0.2, 0.25) is 0 Å². The molecule has 1 atom stereocenters. The minimum Gasteiger partial charge on any atom is -0.441 e. The molecule has 0 saturated carbocycles. The van der Waals surface area contributed by atoms with Gasteiger partial charge in [0.2, 0.25) is 5.89 Å². The van der Waals surface area contributed by atoms with Gasteiger partial charge < -0.3 is 9.73 Å². The molecule has 0 aliphatic carbocycles. The summed E-state index contributed by atoms with van der Waals surface area (Å²) in [4.78, 5) is 31.2. The molecule has 3 rings (SSSR count). The van der Waals surface area contributed by atoms with Crippen molar-refractivity contribution in [3.8, 4) is 11.5 Å². The number of hydrogen-bond acceptors (Lipinski definition) is 4. The number of oxazole rings is 1. The molecule has 1 aliphatic heterocycles. The van der Waals surface area contributed by atoms with Crippen LogP contribution in [-0.4, -0.2) is 27.4 Å². The Labute approximate surface area is 166 Å². The van der Waals surface area contributed by atoms with Crippen molar-refractivity contribution in [2.24, 2.45) is 0 Å². The van der Waals surface area contributed by atoms with Gasteiger partial charge in [-0.2, -0.15) is 0 Å². The molecule has 0 spiro atoms. The summed E-state index contributed by atoms with van der Waals surface area (Å²) in [5.74, 6) is 0.933. The molecule has 1 aromatic heterocycles. The van der Waals surface area contributed by atoms with Gasteiger partial charge in [-0.1, -0.05) is 57.2 Å². The average Bonchev–Trinajstić information content (AvgIpc) is 3.15. The van der Waals surface area contributed by atoms with Crippen LogP contribution >= 0.6 is 0 Å². The number of aryl methyl sites for hydroxylation is 1. The Balaban J connectivity index is 1.67. The van der Waals surface area contributed by atoms with E-state index in [1.807, 2.05) is 37.3 Å². The van der Waals surface area contributed by atoms with Crippen LogP contribution in [0.15, 0.2) is 34.7 Å². The van der Waals surface area contributed by atoms with Gasteiger partial charge in [-0.15, -0.1) is 0 Å². The predicted octanol–water partition coefficient (Wildman–Crippen LogP) is 4.82. The molecule has 150 valence electrons. The first kappa shape index (κ1) is 20.1. The lowest BCUT2D eigenvalue weighted by Gasteiger charge is -2.21. The highest BCUT2D eigenvalue weighted by Gasteiger charge is 2.47. The van der Waals surface area contributed by atoms with Crippen LogP contribution in [0.3, 0.4) is 0 Å². The summed E-state index contributed by atoms with van der Waals surface area (Å²) in [6, 6.07) is 9.23. The first-order valence-electron chi connectivity index (χ1n) is 10.1. The van der Waals surface area contributed by atoms with Gasteiger partial charge in [0.1, 0.15) is 17.0 Å². The molecule has 6 heteroatoms. The van der Waals surface area contributed by atoms with E-state index >= 15 is 0 Å². The lowest BCUT2D eigenvalue weighted by molar-refractivity contribution is -0.131. The van der Waals surface area contributed by atoms with Crippen LogP contribution in [0.25, 0.3) is 11.5 Å². The van der Waals surface area contributed by atoms with Crippen LogP contribution < -0.4 is 5.32 Å². The number of benzene rings is 1. The number of amides is 3. The quantitative estimate of drug-likeness (QED) is 0.497. The SMILES string of the molecule is CCCCCCC[C@]1(C)NC(=O)N(Cc2nc(-c3ccccc3)oc2C)C1=O. The summed E-state index contributed by atoms with van der Waals surface area (Å²) in [6.07, 6.45) is 6.22. The van der Waals surface area contributed by atoms with Crippen molar-refractivity contribution >= 4 is 11.9 Å². The topological polar surface area (TPSA) is 75.4 Å². The third-order valence-corrected chi connectivity index (χ3v) is 5.35. The smallest absolute Gasteiger partial charge is 0.325 e. The fraction of sp³-hybridized carbons (Fsp3) is 0.500. The molecule has 0 unspecified atom stereocenters. The first-order chi connectivity index (χ1) is 13.4. The largest absolute Gasteiger partial charge is 0.441 e. The maximum Gasteiger partial charge on any atom is 0.325 e. The molecule has 6 nitrogen and oxygen atoms in total. The van der Waals surface area contributed by atoms with Gasteiger partial charge in [0.25, 0.3) is 5.91 Å². The maximum atomic E-state index is 12.9. The van der Waals surface area contributed by atoms with Crippen molar-refractivity contribution in [1.29, 1.82) is 0 Å². The number of unbranched alkanes of at least 4 members (excludes halogenated alkanes) is 4. The van der Waals surface area contributed by atoms with E-state index in [9.17, 15) is 9.59 Å². The molecule has 0 radical (unpaired) electrons. The normalized spacial score (nSPS) is 19.3. The highest BCUT2D eigenvalue weighted by Crippen LogP contribution is 2.27. The molecular weight excluding hydrogens is 354 g/mol. The number of nitrogens with one attached hydrogen (secondary N) is 1. The van der Waals surface area contributed by atoms with Crippen LogP contribution in [0.1, 0.15) is 63.8 Å². The summed E-state index contributed by atoms with van der Waals surface area (Å²) in [6.45, 7) is 5.92. The third kappa shape index (κ3) is 4.26. The second-order valence-electron chi connectivity index (χ2n) is 7.71. The summed E-state index contributed by atoms with van der Waals surface area (Å²) in [5, 5.41) is 2.88. The summed E-state index contributed by atoms with van der Waals surface area (Å²) < 4.78 is 5.76. The molecule has 1 aromatic carbocycles. The maximum absolute atomic E-state index is 12.9. The second kappa shape index (κ2) is 8.59. The van der Waals surface area contributed by atoms with Crippen molar-refractivity contribution in [2.75, 3.05) is 0 Å². The fourth-order valence-electron chi connectivity index (χ4n) is 3.57. The first-order valence-corrected chi connectivity index (χ1v) is 10.1. The lowest BCUT2D eigenvalue weighted by Crippen LogP contribution is -2.43. The summed E-state index contributed by atoms with van der Waals surface area (Å²) in [7, 11) is 0. The zero-order valence-corrected chi connectivity index (χ0v) is 17.0. The molecule has 2 heterocycles. The van der Waals surface area contributed by atoms with Gasteiger partial charge in [-0.3, -0.25) is 9.69 Å². The number of urea groups is 1. The average molecular weight is 383 g/mol. The molecule has 1 fully saturated rings. The Kier molecular flexibility index (Phi) is 6.17. The number of hydrogen-bond donors (Lipinski definition) is 1. The zero-order valence-electron chi connectivity index (χ0n) is 17.0. The van der Waals surface area contributed by atoms with E-state index < -0.39 is 5.54 Å². The second-order valence-corrected chi connectivity index (χ2v) is 7.71. The lowest BCUT2D eigenvalue weighted by atomic mass is 9.94. The van der Waals surface area contributed by atoms with Gasteiger partial charge in [-0.05, 0) is 32.4 Å². The van der Waals surface area contributed by atoms with Gasteiger partial charge in [0.05, 0.1) is 6.54 Å². The van der Waals surface area contributed by atoms with E-state index in [1.165, 1.54) is 24.2 Å². The Morgan fingerprint density at radius 1 is 1.11 bits per heavy atom. The number of nitrogens with zero attached hydrogens (tertiary/aromatic N) is 2. The molecule has 2 aromatic rings. The molecule has 1 saturated heterocycles. The molecule has 1 N–H and O–H groups in total. The van der Waals surface area contributed by atoms with Crippen LogP contribution in [0.5, 0.6) is 0 Å². The molecule has 28 heavy (non-hydrogen) atoms. The Hall–Kier alpha value is -2.63. The van der Waals surface area contributed by atoms with Gasteiger partial charge >= 0.3 is 6.03 Å². The van der Waals surface area contributed by atoms with E-state index in [-0.39, 0.29) is 18.5 Å². The molecule has 1 aliphatic rings. The Morgan fingerprint density at radius 3 is 2.54 bits per heavy atom. The highest BCUT2D eigenvalue weighted by molar-refractivity contribution is 6.06. The van der Waals surface area contributed by atoms with Crippen molar-refractivity contribution in [3.63, 3.8) is 0 Å². The number of imide groups is 1. The molecular formula is C22H29N3O3. The van der Waals surface area contributed by atoms with E-state index in [4.69, 9.17) is 4.42 Å². The van der Waals surface area contributed by atoms with Crippen LogP contribution in [0.4, 0.5) is 4.79 Å². The predicted molar refractivity (Wildman–Crippen MR) is 108 cm³/mol. The van der Waals surface area contributed by atoms with Crippen LogP contribution in [-0.2, 0) is 11.3 Å². The number of aromatic nitrogens is 1. The van der Waals surface area contributed by atoms with Crippen molar-refractivity contribution < 1.29 is 14.0 Å². The zero-order chi connectivity index (χ0) is 20.1. The third-order valence-electron chi connectivity index (χ3n) is 5.35. The van der Waals surface area contributed by atoms with Crippen LogP contribution in [0, 0.1) is 6.92 Å². The van der Waals surface area contributed by atoms with E-state index in [2.05, 4.69) is 17.2 Å². The van der Waals surface area contributed by atoms with E-state index in [1.54, 1.807) is 6.92 Å². The van der Waals surface area contributed by atoms with Crippen molar-refractivity contribution in [3.05, 3.63) is 41.8 Å². The summed E-state index contributed by atoms with van der Waals surface area (Å²) >= 11 is 0. The minimum atomic E-state index is -0.830. The van der Waals surface area contributed by atoms with Gasteiger partial charge in [0.15, 0.2) is 0 Å². The standard InChI is InChI=1S/C22H29N3O3/c1-4-5-6-7-11-14-22(3)20(26)25(21(27)24-22)15-18-16(2)28-19(23-18)17-12-9-8-10-13-17/h8-10,12-13H,4-7,11,14-15H2,1-3H3,(H,24,27)/t22-/m0/s1. The fourth-order valence-corrected chi connectivity index (χ4v) is 3.57. The monoisotopic (exact) mass is 383 g/mol. The number of rotatable bonds is 9. The highest BCUT2D eigenvalue weighted by atomic mass is 16.4. The van der Waals surface area contributed by atoms with E-state index in [0.29, 0.717) is 23.8 Å². The Morgan fingerprint density at radius 2 is 1.82 bits per heavy atom. The Bertz CT molecular complexity index is 831. The summed E-state index contributed by atoms with van der Waals surface area (Å²) in [5.41, 5.74) is 0.643. The number of carbonyl (C=O) groups excluding carboxylic acids is 2. The van der Waals surface area contributed by atoms with E-state index in [0.717, 1.165) is 18.4 Å². The van der Waals surface area contributed by atoms with Crippen molar-refractivity contribution in [2.45, 2.75) is 71.4 Å². The molecule has 3 amide bonds.